The molecular weight excluding hydrogens is 330 g/mol. The fourth-order valence-corrected chi connectivity index (χ4v) is 3.38. The molecule has 0 bridgehead atoms. The van der Waals surface area contributed by atoms with Gasteiger partial charge in [0.05, 0.1) is 30.8 Å². The first-order valence-electron chi connectivity index (χ1n) is 8.63. The topological polar surface area (TPSA) is 65.4 Å². The molecule has 0 fully saturated rings. The van der Waals surface area contributed by atoms with Crippen LogP contribution in [-0.4, -0.2) is 29.4 Å². The molecule has 6 nitrogen and oxygen atoms in total. The highest BCUT2D eigenvalue weighted by atomic mass is 16.5. The molecule has 0 radical (unpaired) electrons. The zero-order chi connectivity index (χ0) is 18.1. The Morgan fingerprint density at radius 1 is 1.35 bits per heavy atom. The fraction of sp³-hybridized carbons (Fsp3) is 0.300. The molecule has 1 atom stereocenters. The third-order valence-electron chi connectivity index (χ3n) is 4.82. The number of carbonyl (C=O) groups excluding carboxylic acids is 1. The summed E-state index contributed by atoms with van der Waals surface area (Å²) in [5.74, 6) is 1.34. The first-order valence-corrected chi connectivity index (χ1v) is 8.63. The van der Waals surface area contributed by atoms with Gasteiger partial charge in [-0.05, 0) is 24.1 Å². The minimum atomic E-state index is -0.203. The molecular formula is C20H21N3O3. The number of fused-ring (bicyclic) bond motifs is 2. The quantitative estimate of drug-likeness (QED) is 0.784. The SMILES string of the molecule is COc1ccc2c(c1)OCC(C(=O)NCc1nn(C)c3ccccc13)C2. The molecule has 1 unspecified atom stereocenters. The van der Waals surface area contributed by atoms with Crippen molar-refractivity contribution in [1.82, 2.24) is 15.1 Å². The Morgan fingerprint density at radius 3 is 3.04 bits per heavy atom. The van der Waals surface area contributed by atoms with Gasteiger partial charge in [0.15, 0.2) is 0 Å². The van der Waals surface area contributed by atoms with Gasteiger partial charge in [-0.1, -0.05) is 24.3 Å². The monoisotopic (exact) mass is 351 g/mol. The third-order valence-corrected chi connectivity index (χ3v) is 4.82. The number of para-hydroxylation sites is 1. The molecule has 1 aromatic heterocycles. The van der Waals surface area contributed by atoms with Crippen molar-refractivity contribution >= 4 is 16.8 Å². The number of nitrogens with one attached hydrogen (secondary N) is 1. The summed E-state index contributed by atoms with van der Waals surface area (Å²) in [7, 11) is 3.54. The normalized spacial score (nSPS) is 16.0. The van der Waals surface area contributed by atoms with Gasteiger partial charge in [0.2, 0.25) is 5.91 Å². The summed E-state index contributed by atoms with van der Waals surface area (Å²) in [6.45, 7) is 0.779. The van der Waals surface area contributed by atoms with Crippen molar-refractivity contribution < 1.29 is 14.3 Å². The van der Waals surface area contributed by atoms with Crippen LogP contribution in [0.25, 0.3) is 10.9 Å². The zero-order valence-electron chi connectivity index (χ0n) is 14.9. The van der Waals surface area contributed by atoms with E-state index in [0.29, 0.717) is 19.6 Å². The van der Waals surface area contributed by atoms with Crippen LogP contribution in [0, 0.1) is 5.92 Å². The van der Waals surface area contributed by atoms with Crippen LogP contribution in [0.3, 0.4) is 0 Å². The summed E-state index contributed by atoms with van der Waals surface area (Å²) >= 11 is 0. The Morgan fingerprint density at radius 2 is 2.19 bits per heavy atom. The van der Waals surface area contributed by atoms with Crippen LogP contribution in [-0.2, 0) is 24.8 Å². The van der Waals surface area contributed by atoms with Gasteiger partial charge in [-0.3, -0.25) is 9.48 Å². The summed E-state index contributed by atoms with van der Waals surface area (Å²) < 4.78 is 12.8. The van der Waals surface area contributed by atoms with E-state index in [9.17, 15) is 4.79 Å². The Kier molecular flexibility index (Phi) is 4.24. The maximum atomic E-state index is 12.6. The van der Waals surface area contributed by atoms with E-state index in [-0.39, 0.29) is 11.8 Å². The molecule has 1 aliphatic rings. The van der Waals surface area contributed by atoms with Crippen molar-refractivity contribution in [2.24, 2.45) is 13.0 Å². The number of methoxy groups -OCH3 is 1. The van der Waals surface area contributed by atoms with E-state index in [4.69, 9.17) is 9.47 Å². The lowest BCUT2D eigenvalue weighted by molar-refractivity contribution is -0.126. The predicted octanol–water partition coefficient (Wildman–Crippen LogP) is 2.45. The van der Waals surface area contributed by atoms with E-state index in [1.807, 2.05) is 54.2 Å². The third kappa shape index (κ3) is 2.98. The average Bonchev–Trinajstić information content (AvgIpc) is 3.01. The minimum absolute atomic E-state index is 0.0128. The second-order valence-corrected chi connectivity index (χ2v) is 6.49. The van der Waals surface area contributed by atoms with E-state index >= 15 is 0 Å². The Bertz CT molecular complexity index is 964. The molecule has 0 saturated carbocycles. The van der Waals surface area contributed by atoms with Crippen molar-refractivity contribution in [2.45, 2.75) is 13.0 Å². The molecule has 0 aliphatic carbocycles. The Balaban J connectivity index is 1.44. The molecule has 0 saturated heterocycles. The molecule has 1 amide bonds. The van der Waals surface area contributed by atoms with E-state index in [1.165, 1.54) is 0 Å². The smallest absolute Gasteiger partial charge is 0.227 e. The van der Waals surface area contributed by atoms with Crippen molar-refractivity contribution in [3.63, 3.8) is 0 Å². The number of amides is 1. The van der Waals surface area contributed by atoms with Crippen molar-refractivity contribution in [3.8, 4) is 11.5 Å². The van der Waals surface area contributed by atoms with Crippen molar-refractivity contribution in [1.29, 1.82) is 0 Å². The lowest BCUT2D eigenvalue weighted by Crippen LogP contribution is -2.37. The molecule has 1 N–H and O–H groups in total. The van der Waals surface area contributed by atoms with Crippen LogP contribution >= 0.6 is 0 Å². The molecule has 6 heteroatoms. The molecule has 2 aromatic carbocycles. The van der Waals surface area contributed by atoms with Gasteiger partial charge in [-0.15, -0.1) is 0 Å². The van der Waals surface area contributed by atoms with Crippen LogP contribution in [0.5, 0.6) is 11.5 Å². The molecule has 26 heavy (non-hydrogen) atoms. The second-order valence-electron chi connectivity index (χ2n) is 6.49. The first kappa shape index (κ1) is 16.4. The molecule has 0 spiro atoms. The minimum Gasteiger partial charge on any atom is -0.497 e. The summed E-state index contributed by atoms with van der Waals surface area (Å²) in [6, 6.07) is 13.7. The van der Waals surface area contributed by atoms with E-state index < -0.39 is 0 Å². The Labute approximate surface area is 151 Å². The van der Waals surface area contributed by atoms with Crippen molar-refractivity contribution in [2.75, 3.05) is 13.7 Å². The number of nitrogens with zero attached hydrogens (tertiary/aromatic N) is 2. The van der Waals surface area contributed by atoms with Gasteiger partial charge in [0.25, 0.3) is 0 Å². The van der Waals surface area contributed by atoms with E-state index in [2.05, 4.69) is 10.4 Å². The molecule has 2 heterocycles. The highest BCUT2D eigenvalue weighted by molar-refractivity contribution is 5.83. The average molecular weight is 351 g/mol. The van der Waals surface area contributed by atoms with Gasteiger partial charge < -0.3 is 14.8 Å². The van der Waals surface area contributed by atoms with Gasteiger partial charge in [0, 0.05) is 18.5 Å². The largest absolute Gasteiger partial charge is 0.497 e. The number of hydrogen-bond donors (Lipinski definition) is 1. The Hall–Kier alpha value is -3.02. The second kappa shape index (κ2) is 6.71. The predicted molar refractivity (Wildman–Crippen MR) is 98.2 cm³/mol. The molecule has 1 aliphatic heterocycles. The van der Waals surface area contributed by atoms with Crippen LogP contribution < -0.4 is 14.8 Å². The number of ether oxygens (including phenoxy) is 2. The van der Waals surface area contributed by atoms with Crippen LogP contribution in [0.2, 0.25) is 0 Å². The maximum Gasteiger partial charge on any atom is 0.227 e. The fourth-order valence-electron chi connectivity index (χ4n) is 3.38. The molecule has 3 aromatic rings. The lowest BCUT2D eigenvalue weighted by atomic mass is 9.96. The number of carbonyl (C=O) groups is 1. The maximum absolute atomic E-state index is 12.6. The van der Waals surface area contributed by atoms with Crippen LogP contribution in [0.4, 0.5) is 0 Å². The number of rotatable bonds is 4. The summed E-state index contributed by atoms with van der Waals surface area (Å²) in [4.78, 5) is 12.6. The van der Waals surface area contributed by atoms with E-state index in [0.717, 1.165) is 33.7 Å². The standard InChI is InChI=1S/C20H21N3O3/c1-23-18-6-4-3-5-16(18)17(22-23)11-21-20(24)14-9-13-7-8-15(25-2)10-19(13)26-12-14/h3-8,10,14H,9,11-12H2,1-2H3,(H,21,24). The summed E-state index contributed by atoms with van der Waals surface area (Å²) in [5.41, 5.74) is 2.96. The van der Waals surface area contributed by atoms with Gasteiger partial charge in [-0.25, -0.2) is 0 Å². The molecule has 4 rings (SSSR count). The van der Waals surface area contributed by atoms with Gasteiger partial charge in [-0.2, -0.15) is 5.10 Å². The van der Waals surface area contributed by atoms with E-state index in [1.54, 1.807) is 7.11 Å². The van der Waals surface area contributed by atoms with Crippen LogP contribution in [0.1, 0.15) is 11.3 Å². The number of aryl methyl sites for hydroxylation is 1. The first-order chi connectivity index (χ1) is 12.7. The zero-order valence-corrected chi connectivity index (χ0v) is 14.9. The lowest BCUT2D eigenvalue weighted by Gasteiger charge is -2.24. The number of hydrogen-bond acceptors (Lipinski definition) is 4. The van der Waals surface area contributed by atoms with Gasteiger partial charge >= 0.3 is 0 Å². The summed E-state index contributed by atoms with van der Waals surface area (Å²) in [6.07, 6.45) is 0.661. The number of benzene rings is 2. The number of aromatic nitrogens is 2. The highest BCUT2D eigenvalue weighted by Crippen LogP contribution is 2.31. The summed E-state index contributed by atoms with van der Waals surface area (Å²) in [5, 5.41) is 8.59. The van der Waals surface area contributed by atoms with Gasteiger partial charge in [0.1, 0.15) is 18.1 Å². The van der Waals surface area contributed by atoms with Crippen molar-refractivity contribution in [3.05, 3.63) is 53.7 Å². The molecule has 134 valence electrons. The van der Waals surface area contributed by atoms with Crippen LogP contribution in [0.15, 0.2) is 42.5 Å². The highest BCUT2D eigenvalue weighted by Gasteiger charge is 2.26.